The number of aliphatic hydroxyl groups is 1. The fourth-order valence-electron chi connectivity index (χ4n) is 1.43. The molecule has 0 aromatic carbocycles. The maximum absolute atomic E-state index is 12.8. The van der Waals surface area contributed by atoms with Crippen molar-refractivity contribution in [2.45, 2.75) is 24.4 Å². The van der Waals surface area contributed by atoms with Gasteiger partial charge in [-0.15, -0.1) is 0 Å². The van der Waals surface area contributed by atoms with Crippen molar-refractivity contribution in [3.63, 3.8) is 0 Å². The predicted octanol–water partition coefficient (Wildman–Crippen LogP) is 2.32. The van der Waals surface area contributed by atoms with E-state index in [2.05, 4.69) is 4.37 Å². The molecule has 1 aliphatic rings. The van der Waals surface area contributed by atoms with Crippen LogP contribution in [-0.4, -0.2) is 15.4 Å². The van der Waals surface area contributed by atoms with Crippen LogP contribution in [0, 0.1) is 0 Å². The van der Waals surface area contributed by atoms with Crippen molar-refractivity contribution < 1.29 is 13.9 Å². The quantitative estimate of drug-likeness (QED) is 0.732. The second-order valence-corrected chi connectivity index (χ2v) is 4.23. The van der Waals surface area contributed by atoms with Gasteiger partial charge in [0, 0.05) is 12.6 Å². The van der Waals surface area contributed by atoms with E-state index >= 15 is 0 Å². The van der Waals surface area contributed by atoms with E-state index in [0.717, 1.165) is 17.6 Å². The van der Waals surface area contributed by atoms with E-state index in [9.17, 15) is 13.9 Å². The molecule has 0 aliphatic heterocycles. The Kier molecular flexibility index (Phi) is 2.16. The van der Waals surface area contributed by atoms with Crippen molar-refractivity contribution in [3.05, 3.63) is 29.3 Å². The van der Waals surface area contributed by atoms with E-state index in [4.69, 9.17) is 0 Å². The van der Waals surface area contributed by atoms with Crippen LogP contribution in [0.4, 0.5) is 8.78 Å². The summed E-state index contributed by atoms with van der Waals surface area (Å²) in [5.74, 6) is -2.78. The molecular formula is C9H9F2NOS. The molecule has 1 aliphatic carbocycles. The highest BCUT2D eigenvalue weighted by Crippen LogP contribution is 2.39. The van der Waals surface area contributed by atoms with Crippen molar-refractivity contribution in [3.8, 4) is 0 Å². The average molecular weight is 217 g/mol. The Labute approximate surface area is 84.1 Å². The molecule has 2 nitrogen and oxygen atoms in total. The number of halogens is 2. The Morgan fingerprint density at radius 1 is 1.36 bits per heavy atom. The Morgan fingerprint density at radius 3 is 2.64 bits per heavy atom. The van der Waals surface area contributed by atoms with Gasteiger partial charge in [0.05, 0.1) is 4.88 Å². The molecule has 0 radical (unpaired) electrons. The highest BCUT2D eigenvalue weighted by molar-refractivity contribution is 7.05. The molecular weight excluding hydrogens is 208 g/mol. The van der Waals surface area contributed by atoms with E-state index in [1.807, 2.05) is 0 Å². The Morgan fingerprint density at radius 2 is 2.14 bits per heavy atom. The maximum Gasteiger partial charge on any atom is 0.266 e. The Hall–Kier alpha value is -0.810. The number of nitrogens with zero attached hydrogens (tertiary/aromatic N) is 1. The van der Waals surface area contributed by atoms with Gasteiger partial charge in [0.2, 0.25) is 0 Å². The molecule has 1 heterocycles. The highest BCUT2D eigenvalue weighted by atomic mass is 32.1. The minimum absolute atomic E-state index is 0.0404. The van der Waals surface area contributed by atoms with Gasteiger partial charge in [0.25, 0.3) is 5.92 Å². The number of alkyl halides is 2. The van der Waals surface area contributed by atoms with Crippen molar-refractivity contribution in [2.24, 2.45) is 0 Å². The van der Waals surface area contributed by atoms with E-state index in [-0.39, 0.29) is 12.8 Å². The van der Waals surface area contributed by atoms with Gasteiger partial charge in [-0.05, 0) is 36.2 Å². The largest absolute Gasteiger partial charge is 0.380 e. The van der Waals surface area contributed by atoms with Crippen LogP contribution in [0.1, 0.15) is 17.7 Å². The maximum atomic E-state index is 12.8. The zero-order valence-corrected chi connectivity index (χ0v) is 8.10. The molecule has 14 heavy (non-hydrogen) atoms. The lowest BCUT2D eigenvalue weighted by molar-refractivity contribution is -0.0123. The Bertz CT molecular complexity index is 350. The molecule has 0 spiro atoms. The minimum Gasteiger partial charge on any atom is -0.380 e. The van der Waals surface area contributed by atoms with Gasteiger partial charge < -0.3 is 5.11 Å². The average Bonchev–Trinajstić information content (AvgIpc) is 2.64. The van der Waals surface area contributed by atoms with Gasteiger partial charge in [0.1, 0.15) is 5.60 Å². The summed E-state index contributed by atoms with van der Waals surface area (Å²) in [5.41, 5.74) is -1.25. The molecule has 0 saturated carbocycles. The molecule has 76 valence electrons. The van der Waals surface area contributed by atoms with Crippen LogP contribution in [-0.2, 0) is 5.60 Å². The van der Waals surface area contributed by atoms with E-state index in [0.29, 0.717) is 4.88 Å². The van der Waals surface area contributed by atoms with Crippen LogP contribution in [0.5, 0.6) is 0 Å². The lowest BCUT2D eigenvalue weighted by Gasteiger charge is -2.29. The number of allylic oxidation sites excluding steroid dienone is 1. The predicted molar refractivity (Wildman–Crippen MR) is 49.3 cm³/mol. The van der Waals surface area contributed by atoms with Crippen LogP contribution in [0.3, 0.4) is 0 Å². The van der Waals surface area contributed by atoms with Crippen LogP contribution < -0.4 is 0 Å². The number of aromatic nitrogens is 1. The second kappa shape index (κ2) is 3.10. The third kappa shape index (κ3) is 1.69. The monoisotopic (exact) mass is 217 g/mol. The third-order valence-corrected chi connectivity index (χ3v) is 3.22. The topological polar surface area (TPSA) is 33.1 Å². The van der Waals surface area contributed by atoms with Gasteiger partial charge in [-0.25, -0.2) is 13.2 Å². The molecule has 1 unspecified atom stereocenters. The highest BCUT2D eigenvalue weighted by Gasteiger charge is 2.39. The first kappa shape index (κ1) is 9.73. The van der Waals surface area contributed by atoms with Gasteiger partial charge in [-0.2, -0.15) is 0 Å². The van der Waals surface area contributed by atoms with Crippen molar-refractivity contribution in [1.82, 2.24) is 4.37 Å². The Balaban J connectivity index is 2.29. The van der Waals surface area contributed by atoms with E-state index in [1.54, 1.807) is 12.3 Å². The van der Waals surface area contributed by atoms with Gasteiger partial charge in [-0.3, -0.25) is 0 Å². The summed E-state index contributed by atoms with van der Waals surface area (Å²) in [6, 6.07) is 1.65. The van der Waals surface area contributed by atoms with Gasteiger partial charge in [0.15, 0.2) is 0 Å². The zero-order chi connectivity index (χ0) is 10.2. The molecule has 0 saturated heterocycles. The summed E-state index contributed by atoms with van der Waals surface area (Å²) < 4.78 is 29.4. The molecule has 1 aromatic heterocycles. The van der Waals surface area contributed by atoms with Gasteiger partial charge >= 0.3 is 0 Å². The fourth-order valence-corrected chi connectivity index (χ4v) is 2.11. The SMILES string of the molecule is OC1(c2ccns2)C=CC(F)(F)CC1. The molecule has 1 N–H and O–H groups in total. The summed E-state index contributed by atoms with van der Waals surface area (Å²) in [6.45, 7) is 0. The third-order valence-electron chi connectivity index (χ3n) is 2.31. The molecule has 1 atom stereocenters. The van der Waals surface area contributed by atoms with Crippen molar-refractivity contribution in [2.75, 3.05) is 0 Å². The van der Waals surface area contributed by atoms with Crippen molar-refractivity contribution in [1.29, 1.82) is 0 Å². The summed E-state index contributed by atoms with van der Waals surface area (Å²) >= 11 is 1.13. The van der Waals surface area contributed by atoms with Gasteiger partial charge in [-0.1, -0.05) is 0 Å². The smallest absolute Gasteiger partial charge is 0.266 e. The number of rotatable bonds is 1. The van der Waals surface area contributed by atoms with Crippen molar-refractivity contribution >= 4 is 11.5 Å². The fraction of sp³-hybridized carbons (Fsp3) is 0.444. The minimum atomic E-state index is -2.78. The lowest BCUT2D eigenvalue weighted by atomic mass is 9.88. The summed E-state index contributed by atoms with van der Waals surface area (Å²) in [6.07, 6.45) is 3.22. The molecule has 2 rings (SSSR count). The van der Waals surface area contributed by atoms with E-state index in [1.165, 1.54) is 6.08 Å². The zero-order valence-electron chi connectivity index (χ0n) is 7.28. The molecule has 5 heteroatoms. The molecule has 0 amide bonds. The van der Waals surface area contributed by atoms with Crippen LogP contribution in [0.2, 0.25) is 0 Å². The lowest BCUT2D eigenvalue weighted by Crippen LogP contribution is -2.30. The first-order chi connectivity index (χ1) is 6.52. The summed E-state index contributed by atoms with van der Waals surface area (Å²) in [7, 11) is 0. The summed E-state index contributed by atoms with van der Waals surface area (Å²) in [4.78, 5) is 0.615. The first-order valence-corrected chi connectivity index (χ1v) is 5.01. The molecule has 0 bridgehead atoms. The summed E-state index contributed by atoms with van der Waals surface area (Å²) in [5, 5.41) is 10.0. The standard InChI is InChI=1S/C9H9F2NOS/c10-9(11)4-2-8(13,3-5-9)7-1-6-12-14-7/h1-2,4,6,13H,3,5H2. The number of hydrogen-bond acceptors (Lipinski definition) is 3. The molecule has 1 aromatic rings. The molecule has 0 fully saturated rings. The van der Waals surface area contributed by atoms with Crippen LogP contribution in [0.25, 0.3) is 0 Å². The normalized spacial score (nSPS) is 30.5. The van der Waals surface area contributed by atoms with Crippen LogP contribution >= 0.6 is 11.5 Å². The number of hydrogen-bond donors (Lipinski definition) is 1. The first-order valence-electron chi connectivity index (χ1n) is 4.24. The van der Waals surface area contributed by atoms with Crippen LogP contribution in [0.15, 0.2) is 24.4 Å². The second-order valence-electron chi connectivity index (χ2n) is 3.40. The van der Waals surface area contributed by atoms with E-state index < -0.39 is 11.5 Å².